The van der Waals surface area contributed by atoms with E-state index in [0.29, 0.717) is 30.2 Å². The van der Waals surface area contributed by atoms with Gasteiger partial charge in [-0.2, -0.15) is 5.10 Å². The van der Waals surface area contributed by atoms with Crippen LogP contribution in [0.4, 0.5) is 0 Å². The molecule has 0 aliphatic rings. The highest BCUT2D eigenvalue weighted by Crippen LogP contribution is 2.15. The maximum atomic E-state index is 11.6. The molecule has 1 heterocycles. The molecule has 0 fully saturated rings. The molecule has 2 rings (SSSR count). The number of carbonyl (C=O) groups excluding carboxylic acids is 1. The topological polar surface area (TPSA) is 53.4 Å². The fourth-order valence-corrected chi connectivity index (χ4v) is 1.68. The standard InChI is InChI=1S/C14H15ClN2O3/c1-17-10-11(9-16-17)14(18)20-8-2-7-19-13-5-3-12(15)4-6-13/h3-6,9-10H,2,7-8H2,1H3. The van der Waals surface area contributed by atoms with Crippen molar-refractivity contribution in [3.05, 3.63) is 47.2 Å². The predicted molar refractivity (Wildman–Crippen MR) is 75.1 cm³/mol. The zero-order valence-corrected chi connectivity index (χ0v) is 11.8. The number of aromatic nitrogens is 2. The van der Waals surface area contributed by atoms with Gasteiger partial charge in [-0.05, 0) is 24.3 Å². The average molecular weight is 295 g/mol. The van der Waals surface area contributed by atoms with Crippen LogP contribution in [-0.2, 0) is 11.8 Å². The van der Waals surface area contributed by atoms with Crippen molar-refractivity contribution in [2.45, 2.75) is 6.42 Å². The molecule has 0 unspecified atom stereocenters. The van der Waals surface area contributed by atoms with Crippen LogP contribution in [0.25, 0.3) is 0 Å². The predicted octanol–water partition coefficient (Wildman–Crippen LogP) is 2.70. The van der Waals surface area contributed by atoms with Crippen molar-refractivity contribution in [1.82, 2.24) is 9.78 Å². The SMILES string of the molecule is Cn1cc(C(=O)OCCCOc2ccc(Cl)cc2)cn1. The van der Waals surface area contributed by atoms with Crippen LogP contribution in [0.15, 0.2) is 36.7 Å². The number of carbonyl (C=O) groups is 1. The molecule has 6 heteroatoms. The second-order valence-corrected chi connectivity index (χ2v) is 4.63. The maximum Gasteiger partial charge on any atom is 0.341 e. The molecule has 1 aromatic carbocycles. The molecule has 1 aromatic heterocycles. The smallest absolute Gasteiger partial charge is 0.341 e. The largest absolute Gasteiger partial charge is 0.493 e. The van der Waals surface area contributed by atoms with E-state index in [0.717, 1.165) is 5.75 Å². The van der Waals surface area contributed by atoms with Gasteiger partial charge in [-0.1, -0.05) is 11.6 Å². The summed E-state index contributed by atoms with van der Waals surface area (Å²) in [7, 11) is 1.75. The normalized spacial score (nSPS) is 10.3. The number of rotatable bonds is 6. The van der Waals surface area contributed by atoms with Crippen molar-refractivity contribution in [2.24, 2.45) is 7.05 Å². The molecular formula is C14H15ClN2O3. The highest BCUT2D eigenvalue weighted by molar-refractivity contribution is 6.30. The van der Waals surface area contributed by atoms with E-state index in [1.807, 2.05) is 0 Å². The molecule has 0 radical (unpaired) electrons. The van der Waals surface area contributed by atoms with Gasteiger partial charge in [-0.15, -0.1) is 0 Å². The van der Waals surface area contributed by atoms with Crippen LogP contribution in [0.5, 0.6) is 5.75 Å². The summed E-state index contributed by atoms with van der Waals surface area (Å²) in [6, 6.07) is 7.12. The van der Waals surface area contributed by atoms with E-state index in [9.17, 15) is 4.79 Å². The summed E-state index contributed by atoms with van der Waals surface area (Å²) >= 11 is 5.77. The van der Waals surface area contributed by atoms with Crippen LogP contribution in [0, 0.1) is 0 Å². The second kappa shape index (κ2) is 6.96. The number of esters is 1. The Balaban J connectivity index is 1.64. The highest BCUT2D eigenvalue weighted by atomic mass is 35.5. The third-order valence-corrected chi connectivity index (χ3v) is 2.80. The first kappa shape index (κ1) is 14.4. The minimum atomic E-state index is -0.371. The van der Waals surface area contributed by atoms with Crippen LogP contribution < -0.4 is 4.74 Å². The minimum absolute atomic E-state index is 0.307. The summed E-state index contributed by atoms with van der Waals surface area (Å²) in [5.74, 6) is 0.373. The fraction of sp³-hybridized carbons (Fsp3) is 0.286. The maximum absolute atomic E-state index is 11.6. The number of halogens is 1. The summed E-state index contributed by atoms with van der Waals surface area (Å²) in [5, 5.41) is 4.58. The Kier molecular flexibility index (Phi) is 5.01. The lowest BCUT2D eigenvalue weighted by atomic mass is 10.3. The van der Waals surface area contributed by atoms with E-state index in [-0.39, 0.29) is 5.97 Å². The number of ether oxygens (including phenoxy) is 2. The lowest BCUT2D eigenvalue weighted by Crippen LogP contribution is -2.08. The molecule has 0 atom stereocenters. The summed E-state index contributed by atoms with van der Waals surface area (Å²) < 4.78 is 12.1. The molecule has 0 aliphatic carbocycles. The molecular weight excluding hydrogens is 280 g/mol. The van der Waals surface area contributed by atoms with Gasteiger partial charge >= 0.3 is 5.97 Å². The molecule has 0 bridgehead atoms. The van der Waals surface area contributed by atoms with Gasteiger partial charge in [-0.3, -0.25) is 4.68 Å². The minimum Gasteiger partial charge on any atom is -0.493 e. The quantitative estimate of drug-likeness (QED) is 0.607. The molecule has 0 saturated carbocycles. The summed E-state index contributed by atoms with van der Waals surface area (Å²) in [4.78, 5) is 11.6. The van der Waals surface area contributed by atoms with Crippen LogP contribution >= 0.6 is 11.6 Å². The molecule has 0 aliphatic heterocycles. The third-order valence-electron chi connectivity index (χ3n) is 2.54. The van der Waals surface area contributed by atoms with Gasteiger partial charge in [0.2, 0.25) is 0 Å². The van der Waals surface area contributed by atoms with Gasteiger partial charge in [0, 0.05) is 24.7 Å². The molecule has 0 spiro atoms. The number of hydrogen-bond donors (Lipinski definition) is 0. The monoisotopic (exact) mass is 294 g/mol. The van der Waals surface area contributed by atoms with Gasteiger partial charge in [-0.25, -0.2) is 4.79 Å². The number of benzene rings is 1. The zero-order valence-electron chi connectivity index (χ0n) is 11.1. The van der Waals surface area contributed by atoms with E-state index in [1.165, 1.54) is 6.20 Å². The summed E-state index contributed by atoms with van der Waals surface area (Å²) in [6.07, 6.45) is 3.72. The highest BCUT2D eigenvalue weighted by Gasteiger charge is 2.08. The number of aryl methyl sites for hydroxylation is 1. The van der Waals surface area contributed by atoms with Gasteiger partial charge < -0.3 is 9.47 Å². The van der Waals surface area contributed by atoms with E-state index in [2.05, 4.69) is 5.10 Å². The Morgan fingerprint density at radius 2 is 2.05 bits per heavy atom. The van der Waals surface area contributed by atoms with Crippen molar-refractivity contribution in [3.63, 3.8) is 0 Å². The van der Waals surface area contributed by atoms with Crippen molar-refractivity contribution in [1.29, 1.82) is 0 Å². The Bertz CT molecular complexity index is 566. The lowest BCUT2D eigenvalue weighted by molar-refractivity contribution is 0.0486. The van der Waals surface area contributed by atoms with Crippen LogP contribution in [-0.4, -0.2) is 29.0 Å². The van der Waals surface area contributed by atoms with Crippen molar-refractivity contribution < 1.29 is 14.3 Å². The van der Waals surface area contributed by atoms with Crippen LogP contribution in [0.3, 0.4) is 0 Å². The first-order valence-electron chi connectivity index (χ1n) is 6.19. The molecule has 0 N–H and O–H groups in total. The molecule has 0 saturated heterocycles. The van der Waals surface area contributed by atoms with Gasteiger partial charge in [0.1, 0.15) is 5.75 Å². The van der Waals surface area contributed by atoms with Crippen molar-refractivity contribution in [2.75, 3.05) is 13.2 Å². The Morgan fingerprint density at radius 3 is 2.70 bits per heavy atom. The second-order valence-electron chi connectivity index (χ2n) is 4.19. The lowest BCUT2D eigenvalue weighted by Gasteiger charge is -2.06. The molecule has 2 aromatic rings. The van der Waals surface area contributed by atoms with E-state index >= 15 is 0 Å². The van der Waals surface area contributed by atoms with E-state index in [1.54, 1.807) is 42.2 Å². The van der Waals surface area contributed by atoms with Gasteiger partial charge in [0.25, 0.3) is 0 Å². The summed E-state index contributed by atoms with van der Waals surface area (Å²) in [5.41, 5.74) is 0.450. The Morgan fingerprint density at radius 1 is 1.30 bits per heavy atom. The van der Waals surface area contributed by atoms with E-state index < -0.39 is 0 Å². The molecule has 0 amide bonds. The third kappa shape index (κ3) is 4.28. The van der Waals surface area contributed by atoms with Crippen molar-refractivity contribution >= 4 is 17.6 Å². The first-order valence-corrected chi connectivity index (χ1v) is 6.57. The van der Waals surface area contributed by atoms with E-state index in [4.69, 9.17) is 21.1 Å². The fourth-order valence-electron chi connectivity index (χ4n) is 1.55. The first-order chi connectivity index (χ1) is 9.65. The Hall–Kier alpha value is -2.01. The zero-order chi connectivity index (χ0) is 14.4. The molecule has 20 heavy (non-hydrogen) atoms. The average Bonchev–Trinajstić information content (AvgIpc) is 2.87. The van der Waals surface area contributed by atoms with Crippen LogP contribution in [0.1, 0.15) is 16.8 Å². The Labute approximate surface area is 122 Å². The molecule has 5 nitrogen and oxygen atoms in total. The van der Waals surface area contributed by atoms with Gasteiger partial charge in [0.05, 0.1) is 25.0 Å². The number of nitrogens with zero attached hydrogens (tertiary/aromatic N) is 2. The van der Waals surface area contributed by atoms with Crippen molar-refractivity contribution in [3.8, 4) is 5.75 Å². The van der Waals surface area contributed by atoms with Gasteiger partial charge in [0.15, 0.2) is 0 Å². The molecule has 106 valence electrons. The van der Waals surface area contributed by atoms with Crippen LogP contribution in [0.2, 0.25) is 5.02 Å². The number of hydrogen-bond acceptors (Lipinski definition) is 4. The summed E-state index contributed by atoms with van der Waals surface area (Å²) in [6.45, 7) is 0.781.